The molecule has 0 aliphatic carbocycles. The molecule has 1 unspecified atom stereocenters. The first kappa shape index (κ1) is 21.7. The van der Waals surface area contributed by atoms with Gasteiger partial charge in [-0.25, -0.2) is 4.79 Å². The van der Waals surface area contributed by atoms with Crippen molar-refractivity contribution in [2.75, 3.05) is 13.1 Å². The molecule has 2 aromatic rings. The highest BCUT2D eigenvalue weighted by molar-refractivity contribution is 5.81. The van der Waals surface area contributed by atoms with Crippen molar-refractivity contribution in [3.05, 3.63) is 60.2 Å². The van der Waals surface area contributed by atoms with Gasteiger partial charge in [0.25, 0.3) is 5.91 Å². The van der Waals surface area contributed by atoms with Crippen LogP contribution in [0.15, 0.2) is 54.6 Å². The third-order valence-electron chi connectivity index (χ3n) is 5.28. The Balaban J connectivity index is 1.42. The zero-order valence-corrected chi connectivity index (χ0v) is 17.8. The van der Waals surface area contributed by atoms with Crippen molar-refractivity contribution in [1.82, 2.24) is 10.2 Å². The molecule has 0 radical (unpaired) electrons. The summed E-state index contributed by atoms with van der Waals surface area (Å²) in [7, 11) is 0. The van der Waals surface area contributed by atoms with Gasteiger partial charge in [-0.05, 0) is 55.5 Å². The van der Waals surface area contributed by atoms with E-state index in [9.17, 15) is 9.59 Å². The number of carbonyl (C=O) groups is 2. The van der Waals surface area contributed by atoms with Crippen molar-refractivity contribution in [2.45, 2.75) is 51.7 Å². The maximum absolute atomic E-state index is 12.5. The van der Waals surface area contributed by atoms with E-state index in [1.54, 1.807) is 24.0 Å². The second kappa shape index (κ2) is 10.1. The summed E-state index contributed by atoms with van der Waals surface area (Å²) in [5, 5.41) is 3.03. The molecule has 1 aliphatic heterocycles. The van der Waals surface area contributed by atoms with Crippen molar-refractivity contribution < 1.29 is 19.1 Å². The van der Waals surface area contributed by atoms with Gasteiger partial charge in [-0.15, -0.1) is 0 Å². The van der Waals surface area contributed by atoms with Crippen LogP contribution in [0.5, 0.6) is 11.5 Å². The molecule has 3 rings (SSSR count). The van der Waals surface area contributed by atoms with Crippen molar-refractivity contribution in [3.63, 3.8) is 0 Å². The van der Waals surface area contributed by atoms with E-state index >= 15 is 0 Å². The summed E-state index contributed by atoms with van der Waals surface area (Å²) in [4.78, 5) is 26.4. The van der Waals surface area contributed by atoms with Crippen LogP contribution in [0, 0.1) is 0 Å². The number of ether oxygens (including phenoxy) is 2. The van der Waals surface area contributed by atoms with Crippen molar-refractivity contribution in [1.29, 1.82) is 0 Å². The molecule has 1 heterocycles. The second-order valence-electron chi connectivity index (χ2n) is 7.93. The lowest BCUT2D eigenvalue weighted by Crippen LogP contribution is -2.49. The molecule has 1 atom stereocenters. The Morgan fingerprint density at radius 1 is 0.933 bits per heavy atom. The number of hydrogen-bond donors (Lipinski definition) is 1. The van der Waals surface area contributed by atoms with Crippen LogP contribution in [0.4, 0.5) is 4.79 Å². The molecule has 6 heteroatoms. The molecule has 6 nitrogen and oxygen atoms in total. The zero-order valence-electron chi connectivity index (χ0n) is 17.8. The average molecular weight is 411 g/mol. The van der Waals surface area contributed by atoms with E-state index in [2.05, 4.69) is 19.2 Å². The number of nitrogens with one attached hydrogen (secondary N) is 1. The summed E-state index contributed by atoms with van der Waals surface area (Å²) < 4.78 is 11.2. The van der Waals surface area contributed by atoms with Gasteiger partial charge in [-0.1, -0.05) is 44.2 Å². The lowest BCUT2D eigenvalue weighted by atomic mass is 10.0. The van der Waals surface area contributed by atoms with Gasteiger partial charge < -0.3 is 19.7 Å². The van der Waals surface area contributed by atoms with Gasteiger partial charge in [-0.2, -0.15) is 0 Å². The largest absolute Gasteiger partial charge is 0.481 e. The van der Waals surface area contributed by atoms with Gasteiger partial charge in [0.1, 0.15) is 11.5 Å². The monoisotopic (exact) mass is 410 g/mol. The van der Waals surface area contributed by atoms with E-state index in [0.717, 1.165) is 0 Å². The number of rotatable bonds is 6. The molecule has 0 spiro atoms. The maximum atomic E-state index is 12.5. The molecule has 0 aromatic heterocycles. The van der Waals surface area contributed by atoms with Gasteiger partial charge in [0.05, 0.1) is 0 Å². The number of hydrogen-bond acceptors (Lipinski definition) is 4. The Kier molecular flexibility index (Phi) is 7.33. The fourth-order valence-corrected chi connectivity index (χ4v) is 3.37. The van der Waals surface area contributed by atoms with Crippen molar-refractivity contribution in [2.24, 2.45) is 0 Å². The predicted molar refractivity (Wildman–Crippen MR) is 116 cm³/mol. The third kappa shape index (κ3) is 5.99. The molecule has 0 saturated carbocycles. The normalized spacial score (nSPS) is 15.5. The number of benzene rings is 2. The zero-order chi connectivity index (χ0) is 21.5. The quantitative estimate of drug-likeness (QED) is 0.768. The minimum absolute atomic E-state index is 0.0210. The van der Waals surface area contributed by atoms with E-state index in [0.29, 0.717) is 43.3 Å². The predicted octanol–water partition coefficient (Wildman–Crippen LogP) is 4.36. The molecule has 2 aromatic carbocycles. The fourth-order valence-electron chi connectivity index (χ4n) is 3.37. The number of carbonyl (C=O) groups excluding carboxylic acids is 2. The molecular weight excluding hydrogens is 380 g/mol. The summed E-state index contributed by atoms with van der Waals surface area (Å²) in [5.41, 5.74) is 1.23. The van der Waals surface area contributed by atoms with Crippen LogP contribution in [0.25, 0.3) is 0 Å². The van der Waals surface area contributed by atoms with Crippen LogP contribution in [0.2, 0.25) is 0 Å². The number of nitrogens with zero attached hydrogens (tertiary/aromatic N) is 1. The van der Waals surface area contributed by atoms with Gasteiger partial charge in [0.2, 0.25) is 0 Å². The molecular formula is C24H30N2O4. The molecule has 1 saturated heterocycles. The summed E-state index contributed by atoms with van der Waals surface area (Å²) >= 11 is 0. The van der Waals surface area contributed by atoms with Crippen LogP contribution in [-0.2, 0) is 4.79 Å². The first-order valence-electron chi connectivity index (χ1n) is 10.5. The highest BCUT2D eigenvalue weighted by Crippen LogP contribution is 2.20. The Morgan fingerprint density at radius 2 is 1.57 bits per heavy atom. The highest BCUT2D eigenvalue weighted by atomic mass is 16.6. The van der Waals surface area contributed by atoms with Crippen molar-refractivity contribution >= 4 is 12.0 Å². The lowest BCUT2D eigenvalue weighted by molar-refractivity contribution is -0.128. The molecule has 30 heavy (non-hydrogen) atoms. The molecule has 1 N–H and O–H groups in total. The summed E-state index contributed by atoms with van der Waals surface area (Å²) in [5.74, 6) is 1.52. The van der Waals surface area contributed by atoms with E-state index in [1.165, 1.54) is 5.56 Å². The van der Waals surface area contributed by atoms with Crippen LogP contribution >= 0.6 is 0 Å². The Labute approximate surface area is 178 Å². The van der Waals surface area contributed by atoms with E-state index in [1.807, 2.05) is 42.5 Å². The van der Waals surface area contributed by atoms with Crippen LogP contribution in [-0.4, -0.2) is 42.1 Å². The van der Waals surface area contributed by atoms with Crippen LogP contribution in [0.3, 0.4) is 0 Å². The highest BCUT2D eigenvalue weighted by Gasteiger charge is 2.26. The third-order valence-corrected chi connectivity index (χ3v) is 5.28. The Hall–Kier alpha value is -3.02. The SMILES string of the molecule is CC(Oc1ccc(C(C)C)cc1)C(=O)NC1CCN(C(=O)Oc2ccccc2)CC1. The molecule has 0 bridgehead atoms. The number of para-hydroxylation sites is 1. The van der Waals surface area contributed by atoms with Gasteiger partial charge in [0, 0.05) is 19.1 Å². The fraction of sp³-hybridized carbons (Fsp3) is 0.417. The Bertz CT molecular complexity index is 828. The minimum Gasteiger partial charge on any atom is -0.481 e. The first-order valence-corrected chi connectivity index (χ1v) is 10.5. The number of piperidine rings is 1. The maximum Gasteiger partial charge on any atom is 0.415 e. The van der Waals surface area contributed by atoms with Crippen molar-refractivity contribution in [3.8, 4) is 11.5 Å². The summed E-state index contributed by atoms with van der Waals surface area (Å²) in [6.45, 7) is 7.11. The lowest BCUT2D eigenvalue weighted by Gasteiger charge is -2.32. The number of likely N-dealkylation sites (tertiary alicyclic amines) is 1. The summed E-state index contributed by atoms with van der Waals surface area (Å²) in [6.07, 6.45) is 0.431. The Morgan fingerprint density at radius 3 is 2.17 bits per heavy atom. The molecule has 2 amide bonds. The summed E-state index contributed by atoms with van der Waals surface area (Å²) in [6, 6.07) is 16.9. The standard InChI is InChI=1S/C24H30N2O4/c1-17(2)19-9-11-22(12-10-19)29-18(3)23(27)25-20-13-15-26(16-14-20)24(28)30-21-7-5-4-6-8-21/h4-12,17-18,20H,13-16H2,1-3H3,(H,25,27). The molecule has 1 fully saturated rings. The van der Waals surface area contributed by atoms with E-state index < -0.39 is 6.10 Å². The topological polar surface area (TPSA) is 67.9 Å². The van der Waals surface area contributed by atoms with Crippen LogP contribution in [0.1, 0.15) is 45.1 Å². The van der Waals surface area contributed by atoms with Gasteiger partial charge >= 0.3 is 6.09 Å². The van der Waals surface area contributed by atoms with Gasteiger partial charge in [-0.3, -0.25) is 4.79 Å². The minimum atomic E-state index is -0.587. The van der Waals surface area contributed by atoms with E-state index in [-0.39, 0.29) is 18.0 Å². The molecule has 160 valence electrons. The van der Waals surface area contributed by atoms with Crippen LogP contribution < -0.4 is 14.8 Å². The van der Waals surface area contributed by atoms with Gasteiger partial charge in [0.15, 0.2) is 6.10 Å². The first-order chi connectivity index (χ1) is 14.4. The smallest absolute Gasteiger partial charge is 0.415 e. The average Bonchev–Trinajstić information content (AvgIpc) is 2.75. The molecule has 1 aliphatic rings. The number of amides is 2. The second-order valence-corrected chi connectivity index (χ2v) is 7.93. The van der Waals surface area contributed by atoms with E-state index in [4.69, 9.17) is 9.47 Å².